The molecule has 0 atom stereocenters. The van der Waals surface area contributed by atoms with Gasteiger partial charge in [0.2, 0.25) is 0 Å². The van der Waals surface area contributed by atoms with Crippen LogP contribution in [0.15, 0.2) is 60.8 Å². The Morgan fingerprint density at radius 3 is 2.50 bits per heavy atom. The molecule has 0 spiro atoms. The van der Waals surface area contributed by atoms with E-state index in [0.717, 1.165) is 24.1 Å². The molecule has 1 N–H and O–H groups in total. The fourth-order valence-electron chi connectivity index (χ4n) is 2.87. The molecule has 1 saturated carbocycles. The Morgan fingerprint density at radius 1 is 1.11 bits per heavy atom. The molecule has 7 nitrogen and oxygen atoms in total. The lowest BCUT2D eigenvalue weighted by molar-refractivity contribution is 0.0778. The second-order valence-electron chi connectivity index (χ2n) is 6.99. The molecule has 1 heterocycles. The molecule has 1 aliphatic rings. The summed E-state index contributed by atoms with van der Waals surface area (Å²) in [5.74, 6) is -0.256. The summed E-state index contributed by atoms with van der Waals surface area (Å²) < 4.78 is 1.58. The summed E-state index contributed by atoms with van der Waals surface area (Å²) in [5, 5.41) is 11.0. The topological polar surface area (TPSA) is 80.1 Å². The minimum atomic E-state index is -0.210. The van der Waals surface area contributed by atoms with E-state index in [1.807, 2.05) is 42.5 Å². The molecule has 1 fully saturated rings. The van der Waals surface area contributed by atoms with E-state index in [4.69, 9.17) is 0 Å². The highest BCUT2D eigenvalue weighted by Gasteiger charge is 2.23. The number of carbonyl (C=O) groups excluding carboxylic acids is 2. The quantitative estimate of drug-likeness (QED) is 0.718. The fraction of sp³-hybridized carbons (Fsp3) is 0.238. The Balaban J connectivity index is 1.39. The summed E-state index contributed by atoms with van der Waals surface area (Å²) in [5.41, 5.74) is 2.70. The van der Waals surface area contributed by atoms with Gasteiger partial charge in [-0.15, -0.1) is 5.10 Å². The molecule has 142 valence electrons. The third-order valence-electron chi connectivity index (χ3n) is 4.63. The summed E-state index contributed by atoms with van der Waals surface area (Å²) in [6, 6.07) is 17.2. The Kier molecular flexibility index (Phi) is 4.89. The van der Waals surface area contributed by atoms with Crippen LogP contribution in [0.25, 0.3) is 5.69 Å². The fourth-order valence-corrected chi connectivity index (χ4v) is 2.87. The number of carbonyl (C=O) groups is 2. The maximum atomic E-state index is 12.6. The summed E-state index contributed by atoms with van der Waals surface area (Å²) in [4.78, 5) is 26.3. The van der Waals surface area contributed by atoms with Crippen molar-refractivity contribution in [3.8, 4) is 5.69 Å². The molecule has 28 heavy (non-hydrogen) atoms. The predicted octanol–water partition coefficient (Wildman–Crippen LogP) is 2.43. The van der Waals surface area contributed by atoms with Crippen molar-refractivity contribution in [3.63, 3.8) is 0 Å². The molecular weight excluding hydrogens is 354 g/mol. The molecule has 0 radical (unpaired) electrons. The minimum absolute atomic E-state index is 0.0454. The van der Waals surface area contributed by atoms with E-state index in [2.05, 4.69) is 15.6 Å². The summed E-state index contributed by atoms with van der Waals surface area (Å²) in [6.07, 6.45) is 3.75. The summed E-state index contributed by atoms with van der Waals surface area (Å²) in [7, 11) is 1.72. The van der Waals surface area contributed by atoms with E-state index in [1.165, 1.54) is 0 Å². The van der Waals surface area contributed by atoms with Gasteiger partial charge in [-0.1, -0.05) is 35.5 Å². The number of hydrogen-bond acceptors (Lipinski definition) is 4. The van der Waals surface area contributed by atoms with Gasteiger partial charge in [0.05, 0.1) is 11.9 Å². The van der Waals surface area contributed by atoms with Crippen molar-refractivity contribution < 1.29 is 9.59 Å². The van der Waals surface area contributed by atoms with Gasteiger partial charge in [0.15, 0.2) is 5.69 Å². The Morgan fingerprint density at radius 2 is 1.82 bits per heavy atom. The number of benzene rings is 2. The summed E-state index contributed by atoms with van der Waals surface area (Å²) in [6.45, 7) is 0.418. The molecular formula is C21H21N5O2. The third-order valence-corrected chi connectivity index (χ3v) is 4.63. The minimum Gasteiger partial charge on any atom is -0.349 e. The normalized spacial score (nSPS) is 13.2. The summed E-state index contributed by atoms with van der Waals surface area (Å²) >= 11 is 0. The standard InChI is InChI=1S/C21H21N5O2/c1-25(13-15-7-9-16(10-8-15)20(27)22-17-11-12-17)21(28)19-14-26(24-23-19)18-5-3-2-4-6-18/h2-10,14,17H,11-13H2,1H3,(H,22,27). The van der Waals surface area contributed by atoms with Crippen LogP contribution in [0.1, 0.15) is 39.3 Å². The lowest BCUT2D eigenvalue weighted by atomic mass is 10.1. The molecule has 7 heteroatoms. The number of hydrogen-bond donors (Lipinski definition) is 1. The lowest BCUT2D eigenvalue weighted by Crippen LogP contribution is -2.27. The Labute approximate surface area is 163 Å². The van der Waals surface area contributed by atoms with E-state index in [1.54, 1.807) is 35.0 Å². The van der Waals surface area contributed by atoms with Crippen LogP contribution in [-0.4, -0.2) is 44.8 Å². The second-order valence-corrected chi connectivity index (χ2v) is 6.99. The maximum absolute atomic E-state index is 12.6. The van der Waals surface area contributed by atoms with Crippen LogP contribution >= 0.6 is 0 Å². The Hall–Kier alpha value is -3.48. The van der Waals surface area contributed by atoms with E-state index in [-0.39, 0.29) is 17.5 Å². The number of para-hydroxylation sites is 1. The second kappa shape index (κ2) is 7.64. The average molecular weight is 375 g/mol. The van der Waals surface area contributed by atoms with Gasteiger partial charge in [-0.25, -0.2) is 4.68 Å². The number of amides is 2. The van der Waals surface area contributed by atoms with Crippen molar-refractivity contribution in [2.45, 2.75) is 25.4 Å². The molecule has 3 aromatic rings. The highest BCUT2D eigenvalue weighted by atomic mass is 16.2. The van der Waals surface area contributed by atoms with Gasteiger partial charge in [-0.2, -0.15) is 0 Å². The van der Waals surface area contributed by atoms with Crippen LogP contribution in [0.5, 0.6) is 0 Å². The molecule has 0 saturated heterocycles. The van der Waals surface area contributed by atoms with Crippen molar-refractivity contribution >= 4 is 11.8 Å². The van der Waals surface area contributed by atoms with E-state index in [9.17, 15) is 9.59 Å². The first-order chi connectivity index (χ1) is 13.6. The molecule has 2 amide bonds. The maximum Gasteiger partial charge on any atom is 0.276 e. The smallest absolute Gasteiger partial charge is 0.276 e. The highest BCUT2D eigenvalue weighted by molar-refractivity contribution is 5.94. The molecule has 1 aliphatic carbocycles. The van der Waals surface area contributed by atoms with Gasteiger partial charge in [0.1, 0.15) is 0 Å². The van der Waals surface area contributed by atoms with Crippen molar-refractivity contribution in [1.82, 2.24) is 25.2 Å². The van der Waals surface area contributed by atoms with Crippen molar-refractivity contribution in [1.29, 1.82) is 0 Å². The van der Waals surface area contributed by atoms with Gasteiger partial charge in [0.25, 0.3) is 11.8 Å². The zero-order chi connectivity index (χ0) is 19.5. The highest BCUT2D eigenvalue weighted by Crippen LogP contribution is 2.19. The van der Waals surface area contributed by atoms with Crippen LogP contribution in [0.3, 0.4) is 0 Å². The first kappa shape index (κ1) is 17.9. The van der Waals surface area contributed by atoms with E-state index >= 15 is 0 Å². The van der Waals surface area contributed by atoms with Crippen LogP contribution < -0.4 is 5.32 Å². The van der Waals surface area contributed by atoms with Gasteiger partial charge in [-0.05, 0) is 42.7 Å². The van der Waals surface area contributed by atoms with Crippen LogP contribution in [0.2, 0.25) is 0 Å². The number of nitrogens with one attached hydrogen (secondary N) is 1. The van der Waals surface area contributed by atoms with Gasteiger partial charge < -0.3 is 10.2 Å². The average Bonchev–Trinajstić information content (AvgIpc) is 3.40. The molecule has 0 aliphatic heterocycles. The van der Waals surface area contributed by atoms with Gasteiger partial charge in [0, 0.05) is 25.2 Å². The Bertz CT molecular complexity index is 978. The third kappa shape index (κ3) is 4.09. The number of nitrogens with zero attached hydrogens (tertiary/aromatic N) is 4. The zero-order valence-electron chi connectivity index (χ0n) is 15.6. The van der Waals surface area contributed by atoms with Crippen molar-refractivity contribution in [3.05, 3.63) is 77.6 Å². The van der Waals surface area contributed by atoms with Crippen molar-refractivity contribution in [2.24, 2.45) is 0 Å². The number of aromatic nitrogens is 3. The molecule has 0 bridgehead atoms. The lowest BCUT2D eigenvalue weighted by Gasteiger charge is -2.16. The van der Waals surface area contributed by atoms with Gasteiger partial charge in [-0.3, -0.25) is 9.59 Å². The van der Waals surface area contributed by atoms with E-state index < -0.39 is 0 Å². The van der Waals surface area contributed by atoms with Crippen LogP contribution in [0.4, 0.5) is 0 Å². The molecule has 0 unspecified atom stereocenters. The molecule has 2 aromatic carbocycles. The van der Waals surface area contributed by atoms with Crippen LogP contribution in [0, 0.1) is 0 Å². The molecule has 1 aromatic heterocycles. The van der Waals surface area contributed by atoms with E-state index in [0.29, 0.717) is 18.2 Å². The number of rotatable bonds is 6. The first-order valence-electron chi connectivity index (χ1n) is 9.23. The monoisotopic (exact) mass is 375 g/mol. The SMILES string of the molecule is CN(Cc1ccc(C(=O)NC2CC2)cc1)C(=O)c1cn(-c2ccccc2)nn1. The first-order valence-corrected chi connectivity index (χ1v) is 9.23. The van der Waals surface area contributed by atoms with Crippen LogP contribution in [-0.2, 0) is 6.54 Å². The largest absolute Gasteiger partial charge is 0.349 e. The van der Waals surface area contributed by atoms with Gasteiger partial charge >= 0.3 is 0 Å². The predicted molar refractivity (Wildman–Crippen MR) is 104 cm³/mol. The zero-order valence-corrected chi connectivity index (χ0v) is 15.6. The molecule has 4 rings (SSSR count). The van der Waals surface area contributed by atoms with Crippen molar-refractivity contribution in [2.75, 3.05) is 7.05 Å².